The molecule has 4 aliphatic rings. The van der Waals surface area contributed by atoms with Gasteiger partial charge in [0.1, 0.15) is 34.4 Å². The zero-order valence-electron chi connectivity index (χ0n) is 51.4. The van der Waals surface area contributed by atoms with E-state index in [-0.39, 0.29) is 80.2 Å². The number of aromatic nitrogens is 8. The monoisotopic (exact) mass is 1300 g/mol. The number of aryl methyl sites for hydroxylation is 4. The Labute approximate surface area is 529 Å². The summed E-state index contributed by atoms with van der Waals surface area (Å²) in [5.74, 6) is 2.74. The third-order valence-electron chi connectivity index (χ3n) is 15.1. The van der Waals surface area contributed by atoms with E-state index in [9.17, 15) is 26.4 Å². The van der Waals surface area contributed by atoms with Crippen molar-refractivity contribution in [3.63, 3.8) is 0 Å². The molecule has 476 valence electrons. The first-order chi connectivity index (χ1) is 42.4. The van der Waals surface area contributed by atoms with Gasteiger partial charge in [0.25, 0.3) is 0 Å². The summed E-state index contributed by atoms with van der Waals surface area (Å²) in [7, 11) is -3.98. The Kier molecular flexibility index (Phi) is 22.4. The van der Waals surface area contributed by atoms with Crippen LogP contribution in [0.5, 0.6) is 11.5 Å². The molecule has 25 nitrogen and oxygen atoms in total. The number of hydrogen-bond donors (Lipinski definition) is 5. The van der Waals surface area contributed by atoms with Crippen LogP contribution in [-0.4, -0.2) is 129 Å². The Bertz CT molecular complexity index is 3850. The Morgan fingerprint density at radius 1 is 0.652 bits per heavy atom. The fourth-order valence-corrected chi connectivity index (χ4v) is 12.4. The van der Waals surface area contributed by atoms with E-state index < -0.39 is 36.1 Å². The van der Waals surface area contributed by atoms with Crippen molar-refractivity contribution in [3.8, 4) is 23.6 Å². The van der Waals surface area contributed by atoms with Crippen molar-refractivity contribution in [1.82, 2.24) is 49.7 Å². The minimum Gasteiger partial charge on any atom is -0.488 e. The third kappa shape index (κ3) is 17.5. The van der Waals surface area contributed by atoms with E-state index in [0.29, 0.717) is 48.7 Å². The normalized spacial score (nSPS) is 15.4. The van der Waals surface area contributed by atoms with Crippen LogP contribution in [0.3, 0.4) is 0 Å². The van der Waals surface area contributed by atoms with Crippen molar-refractivity contribution in [2.75, 3.05) is 54.1 Å². The zero-order valence-corrected chi connectivity index (χ0v) is 54.5. The lowest BCUT2D eigenvalue weighted by molar-refractivity contribution is -0.141. The molecule has 2 saturated carbocycles. The van der Waals surface area contributed by atoms with Gasteiger partial charge < -0.3 is 45.7 Å². The number of likely N-dealkylation sites (tertiary alicyclic amines) is 1. The van der Waals surface area contributed by atoms with Crippen molar-refractivity contribution < 1.29 is 40.6 Å². The van der Waals surface area contributed by atoms with Gasteiger partial charge in [-0.15, -0.1) is 0 Å². The molecular formula is C60H76Cl2N16O9S2. The maximum absolute atomic E-state index is 12.9. The van der Waals surface area contributed by atoms with E-state index in [1.54, 1.807) is 72.1 Å². The molecule has 2 aromatic carbocycles. The first-order valence-corrected chi connectivity index (χ1v) is 33.4. The summed E-state index contributed by atoms with van der Waals surface area (Å²) in [5.41, 5.74) is 6.80. The first-order valence-electron chi connectivity index (χ1n) is 29.6. The van der Waals surface area contributed by atoms with Crippen LogP contribution in [0.2, 0.25) is 10.0 Å². The maximum atomic E-state index is 12.9. The molecule has 0 bridgehead atoms. The fourth-order valence-electron chi connectivity index (χ4n) is 9.94. The van der Waals surface area contributed by atoms with Gasteiger partial charge in [0.15, 0.2) is 11.6 Å². The second-order valence-corrected chi connectivity index (χ2v) is 28.4. The van der Waals surface area contributed by atoms with Crippen LogP contribution in [0.25, 0.3) is 0 Å². The predicted octanol–water partition coefficient (Wildman–Crippen LogP) is 10.3. The van der Waals surface area contributed by atoms with E-state index in [1.807, 2.05) is 19.1 Å². The van der Waals surface area contributed by atoms with Gasteiger partial charge in [0.05, 0.1) is 76.6 Å². The molecule has 4 aromatic heterocycles. The van der Waals surface area contributed by atoms with Crippen molar-refractivity contribution in [2.24, 2.45) is 14.1 Å². The summed E-state index contributed by atoms with van der Waals surface area (Å²) >= 11 is 12.8. The predicted molar refractivity (Wildman–Crippen MR) is 338 cm³/mol. The number of rotatable bonds is 21. The van der Waals surface area contributed by atoms with Gasteiger partial charge in [-0.1, -0.05) is 23.2 Å². The first kappa shape index (κ1) is 67.1. The fraction of sp³-hybridized carbons (Fsp3) is 0.500. The molecule has 89 heavy (non-hydrogen) atoms. The summed E-state index contributed by atoms with van der Waals surface area (Å²) in [5, 5.41) is 40.2. The lowest BCUT2D eigenvalue weighted by Gasteiger charge is -2.33. The molecule has 4 fully saturated rings. The Morgan fingerprint density at radius 3 is 1.47 bits per heavy atom. The highest BCUT2D eigenvalue weighted by atomic mass is 35.5. The van der Waals surface area contributed by atoms with Crippen molar-refractivity contribution >= 4 is 101 Å². The van der Waals surface area contributed by atoms with Crippen molar-refractivity contribution in [3.05, 3.63) is 81.4 Å². The number of anilines is 8. The van der Waals surface area contributed by atoms with Gasteiger partial charge >= 0.3 is 5.97 Å². The van der Waals surface area contributed by atoms with Gasteiger partial charge in [-0.05, 0) is 171 Å². The smallest absolute Gasteiger partial charge is 0.320 e. The molecule has 2 aliphatic carbocycles. The number of carbonyl (C=O) groups is 2. The second kappa shape index (κ2) is 29.7. The maximum Gasteiger partial charge on any atom is 0.320 e. The summed E-state index contributed by atoms with van der Waals surface area (Å²) in [6.07, 6.45) is 14.1. The lowest BCUT2D eigenvalue weighted by atomic mass is 9.86. The van der Waals surface area contributed by atoms with E-state index in [4.69, 9.17) is 43.2 Å². The molecule has 2 aliphatic heterocycles. The highest BCUT2D eigenvalue weighted by molar-refractivity contribution is 7.92. The number of ether oxygens (including phenoxy) is 3. The highest BCUT2D eigenvalue weighted by Gasteiger charge is 2.32. The summed E-state index contributed by atoms with van der Waals surface area (Å²) in [4.78, 5) is 41.9. The largest absolute Gasteiger partial charge is 0.488 e. The van der Waals surface area contributed by atoms with Gasteiger partial charge in [0.2, 0.25) is 47.5 Å². The van der Waals surface area contributed by atoms with Crippen LogP contribution in [0.4, 0.5) is 46.3 Å². The molecular weight excluding hydrogens is 1220 g/mol. The summed E-state index contributed by atoms with van der Waals surface area (Å²) in [6.45, 7) is 15.9. The minimum atomic E-state index is -3.66. The number of nitriles is 2. The summed E-state index contributed by atoms with van der Waals surface area (Å²) in [6, 6.07) is 12.0. The van der Waals surface area contributed by atoms with Gasteiger partial charge in [-0.2, -0.15) is 30.7 Å². The standard InChI is InChI=1S/C29H35ClN8O4S.C26H34ClN7O3S.C5H7NO2/c1-17(2)43(40,41)28-24(16-37(4)36-28)33-27-22(30)15-32-29(35-27)34-23-13-18(3)21(14-25(23)42-20-5-6-20)19-8-11-38(12-9-19)26(39)7-10-31;1-15(2)38(35,36)25-22(14-34(4)33-25)30-24-20(27)13-29-26(32-24)31-21-11-16(3)19(17-7-9-28-10-8-17)12-23(21)37-18-5-6-18;1-2-8-5(7)3-4-6/h13-17,19-20H,5-9,11-12H2,1-4H3,(H2,32,33,34,35);11-15,17-18,28H,5-10H2,1-4H3,(H2,29,30,31,32);2-3H2,1H3. The number of nitrogens with zero attached hydrogens (tertiary/aromatic N) is 11. The van der Waals surface area contributed by atoms with Crippen LogP contribution in [0.1, 0.15) is 133 Å². The molecule has 6 aromatic rings. The average Bonchev–Trinajstić information content (AvgIpc) is 2.11. The number of amides is 1. The molecule has 0 spiro atoms. The molecule has 6 heterocycles. The SMILES string of the molecule is CCOC(=O)CC#N.Cc1cc(Nc2ncc(Cl)c(Nc3cn(C)nc3S(=O)(=O)C(C)C)n2)c(OC2CC2)cc1C1CCN(C(=O)CC#N)CC1.Cc1cc(Nc2ncc(Cl)c(Nc3cn(C)nc3S(=O)(=O)C(C)C)n2)c(OC2CC2)cc1C1CCNCC1. The second-order valence-electron chi connectivity index (χ2n) is 22.7. The van der Waals surface area contributed by atoms with Gasteiger partial charge in [-0.3, -0.25) is 19.0 Å². The van der Waals surface area contributed by atoms with E-state index >= 15 is 0 Å². The number of esters is 1. The minimum absolute atomic E-state index is 0.0524. The number of sulfone groups is 2. The third-order valence-corrected chi connectivity index (χ3v) is 19.8. The number of benzene rings is 2. The number of halogens is 2. The van der Waals surface area contributed by atoms with Gasteiger partial charge in [-0.25, -0.2) is 26.8 Å². The van der Waals surface area contributed by atoms with Crippen LogP contribution < -0.4 is 36.1 Å². The summed E-state index contributed by atoms with van der Waals surface area (Å²) < 4.78 is 71.3. The van der Waals surface area contributed by atoms with E-state index in [0.717, 1.165) is 81.5 Å². The molecule has 0 atom stereocenters. The molecule has 10 rings (SSSR count). The topological polar surface area (TPSA) is 328 Å². The Hall–Kier alpha value is -7.82. The Balaban J connectivity index is 0.000000206. The number of nitrogens with one attached hydrogen (secondary N) is 5. The van der Waals surface area contributed by atoms with Gasteiger partial charge in [0, 0.05) is 39.6 Å². The van der Waals surface area contributed by atoms with Crippen molar-refractivity contribution in [1.29, 1.82) is 10.5 Å². The van der Waals surface area contributed by atoms with Crippen LogP contribution in [-0.2, 0) is 48.1 Å². The van der Waals surface area contributed by atoms with E-state index in [2.05, 4.69) is 86.6 Å². The molecule has 29 heteroatoms. The van der Waals surface area contributed by atoms with E-state index in [1.165, 1.54) is 38.4 Å². The number of carbonyl (C=O) groups excluding carboxylic acids is 2. The number of piperidine rings is 2. The number of hydrogen-bond acceptors (Lipinski definition) is 22. The zero-order chi connectivity index (χ0) is 64.3. The molecule has 1 amide bonds. The quantitative estimate of drug-likeness (QED) is 0.0418. The van der Waals surface area contributed by atoms with Crippen LogP contribution >= 0.6 is 23.2 Å². The lowest BCUT2D eigenvalue weighted by Crippen LogP contribution is -2.37. The molecule has 0 unspecified atom stereocenters. The highest BCUT2D eigenvalue weighted by Crippen LogP contribution is 2.42. The molecule has 0 radical (unpaired) electrons. The van der Waals surface area contributed by atoms with Crippen molar-refractivity contribution in [2.45, 2.75) is 157 Å². The molecule has 2 saturated heterocycles. The molecule has 5 N–H and O–H groups in total. The van der Waals surface area contributed by atoms with Crippen LogP contribution in [0.15, 0.2) is 59.1 Å². The van der Waals surface area contributed by atoms with Crippen LogP contribution in [0, 0.1) is 36.5 Å². The Morgan fingerprint density at radius 2 is 1.08 bits per heavy atom. The average molecular weight is 1300 g/mol.